The Hall–Kier alpha value is -1.16. The van der Waals surface area contributed by atoms with Gasteiger partial charge in [0.05, 0.1) is 0 Å². The molecular formula is C12H17NO2S. The number of anilines is 1. The molecule has 0 saturated carbocycles. The molecule has 1 unspecified atom stereocenters. The summed E-state index contributed by atoms with van der Waals surface area (Å²) in [6.07, 6.45) is 2.88. The highest BCUT2D eigenvalue weighted by molar-refractivity contribution is 7.98. The number of aliphatic carboxylic acids is 1. The van der Waals surface area contributed by atoms with Crippen LogP contribution in [0.25, 0.3) is 0 Å². The molecule has 1 atom stereocenters. The molecule has 0 bridgehead atoms. The SMILES string of the molecule is CSc1ccc(NC(C)CCC(=O)O)cc1. The van der Waals surface area contributed by atoms with E-state index in [2.05, 4.69) is 17.4 Å². The third-order valence-corrected chi connectivity index (χ3v) is 3.04. The van der Waals surface area contributed by atoms with E-state index in [4.69, 9.17) is 5.11 Å². The molecule has 0 saturated heterocycles. The van der Waals surface area contributed by atoms with Crippen molar-refractivity contribution >= 4 is 23.4 Å². The van der Waals surface area contributed by atoms with Crippen molar-refractivity contribution in [3.05, 3.63) is 24.3 Å². The summed E-state index contributed by atoms with van der Waals surface area (Å²) in [4.78, 5) is 11.6. The van der Waals surface area contributed by atoms with Crippen LogP contribution in [0.2, 0.25) is 0 Å². The second-order valence-electron chi connectivity index (χ2n) is 3.71. The molecule has 0 aromatic heterocycles. The van der Waals surface area contributed by atoms with Gasteiger partial charge in [0, 0.05) is 23.0 Å². The molecule has 0 aliphatic rings. The van der Waals surface area contributed by atoms with Gasteiger partial charge in [-0.25, -0.2) is 0 Å². The van der Waals surface area contributed by atoms with Gasteiger partial charge in [0.15, 0.2) is 0 Å². The van der Waals surface area contributed by atoms with Gasteiger partial charge in [0.25, 0.3) is 0 Å². The molecule has 0 radical (unpaired) electrons. The van der Waals surface area contributed by atoms with E-state index >= 15 is 0 Å². The van der Waals surface area contributed by atoms with Crippen molar-refractivity contribution in [3.63, 3.8) is 0 Å². The fourth-order valence-corrected chi connectivity index (χ4v) is 1.79. The third-order valence-electron chi connectivity index (χ3n) is 2.29. The second-order valence-corrected chi connectivity index (χ2v) is 4.59. The molecule has 1 aromatic rings. The lowest BCUT2D eigenvalue weighted by Gasteiger charge is -2.14. The van der Waals surface area contributed by atoms with E-state index < -0.39 is 5.97 Å². The lowest BCUT2D eigenvalue weighted by atomic mass is 10.1. The molecular weight excluding hydrogens is 222 g/mol. The average molecular weight is 239 g/mol. The summed E-state index contributed by atoms with van der Waals surface area (Å²) in [7, 11) is 0. The fourth-order valence-electron chi connectivity index (χ4n) is 1.38. The van der Waals surface area contributed by atoms with Crippen molar-refractivity contribution in [2.45, 2.75) is 30.7 Å². The number of nitrogens with one attached hydrogen (secondary N) is 1. The second kappa shape index (κ2) is 6.43. The molecule has 0 heterocycles. The number of benzene rings is 1. The summed E-state index contributed by atoms with van der Waals surface area (Å²) in [5, 5.41) is 11.8. The molecule has 3 nitrogen and oxygen atoms in total. The van der Waals surface area contributed by atoms with Crippen molar-refractivity contribution in [2.24, 2.45) is 0 Å². The summed E-state index contributed by atoms with van der Waals surface area (Å²) in [6.45, 7) is 1.99. The van der Waals surface area contributed by atoms with E-state index in [1.807, 2.05) is 25.3 Å². The van der Waals surface area contributed by atoms with Crippen LogP contribution in [-0.4, -0.2) is 23.4 Å². The maximum absolute atomic E-state index is 10.4. The van der Waals surface area contributed by atoms with Gasteiger partial charge in [-0.3, -0.25) is 4.79 Å². The number of thioether (sulfide) groups is 1. The maximum atomic E-state index is 10.4. The summed E-state index contributed by atoms with van der Waals surface area (Å²) >= 11 is 1.71. The first-order chi connectivity index (χ1) is 7.61. The Bertz CT molecular complexity index is 337. The van der Waals surface area contributed by atoms with Gasteiger partial charge in [-0.1, -0.05) is 0 Å². The van der Waals surface area contributed by atoms with Gasteiger partial charge < -0.3 is 10.4 Å². The molecule has 16 heavy (non-hydrogen) atoms. The van der Waals surface area contributed by atoms with E-state index in [1.165, 1.54) is 4.90 Å². The smallest absolute Gasteiger partial charge is 0.303 e. The van der Waals surface area contributed by atoms with Crippen molar-refractivity contribution in [2.75, 3.05) is 11.6 Å². The molecule has 88 valence electrons. The van der Waals surface area contributed by atoms with Crippen LogP contribution < -0.4 is 5.32 Å². The Balaban J connectivity index is 2.43. The van der Waals surface area contributed by atoms with Crippen LogP contribution in [0.15, 0.2) is 29.2 Å². The number of hydrogen-bond acceptors (Lipinski definition) is 3. The Kier molecular flexibility index (Phi) is 5.19. The van der Waals surface area contributed by atoms with Gasteiger partial charge in [0.1, 0.15) is 0 Å². The van der Waals surface area contributed by atoms with Crippen LogP contribution in [0.1, 0.15) is 19.8 Å². The minimum atomic E-state index is -0.744. The highest BCUT2D eigenvalue weighted by Gasteiger charge is 2.04. The van der Waals surface area contributed by atoms with E-state index in [-0.39, 0.29) is 12.5 Å². The zero-order valence-corrected chi connectivity index (χ0v) is 10.4. The van der Waals surface area contributed by atoms with Crippen molar-refractivity contribution in [3.8, 4) is 0 Å². The van der Waals surface area contributed by atoms with Crippen molar-refractivity contribution < 1.29 is 9.90 Å². The summed E-state index contributed by atoms with van der Waals surface area (Å²) in [6, 6.07) is 8.32. The average Bonchev–Trinajstić information content (AvgIpc) is 2.27. The van der Waals surface area contributed by atoms with Gasteiger partial charge in [-0.15, -0.1) is 11.8 Å². The monoisotopic (exact) mass is 239 g/mol. The van der Waals surface area contributed by atoms with Crippen molar-refractivity contribution in [1.82, 2.24) is 0 Å². The standard InChI is InChI=1S/C12H17NO2S/c1-9(3-8-12(14)15)13-10-4-6-11(16-2)7-5-10/h4-7,9,13H,3,8H2,1-2H3,(H,14,15). The fraction of sp³-hybridized carbons (Fsp3) is 0.417. The number of rotatable bonds is 6. The lowest BCUT2D eigenvalue weighted by molar-refractivity contribution is -0.137. The molecule has 2 N–H and O–H groups in total. The molecule has 0 fully saturated rings. The van der Waals surface area contributed by atoms with Gasteiger partial charge >= 0.3 is 5.97 Å². The minimum absolute atomic E-state index is 0.177. The Labute approximate surface area is 100 Å². The molecule has 1 aromatic carbocycles. The summed E-state index contributed by atoms with van der Waals surface area (Å²) in [5.74, 6) is -0.744. The van der Waals surface area contributed by atoms with Crippen LogP contribution >= 0.6 is 11.8 Å². The van der Waals surface area contributed by atoms with Crippen LogP contribution in [0.5, 0.6) is 0 Å². The van der Waals surface area contributed by atoms with Gasteiger partial charge in [0.2, 0.25) is 0 Å². The predicted octanol–water partition coefficient (Wildman–Crippen LogP) is 3.07. The topological polar surface area (TPSA) is 49.3 Å². The number of carboxylic acids is 1. The quantitative estimate of drug-likeness (QED) is 0.749. The summed E-state index contributed by atoms with van der Waals surface area (Å²) in [5.41, 5.74) is 1.04. The highest BCUT2D eigenvalue weighted by Crippen LogP contribution is 2.18. The maximum Gasteiger partial charge on any atom is 0.303 e. The number of hydrogen-bond donors (Lipinski definition) is 2. The third kappa shape index (κ3) is 4.57. The molecule has 4 heteroatoms. The van der Waals surface area contributed by atoms with E-state index in [1.54, 1.807) is 11.8 Å². The molecule has 0 aliphatic carbocycles. The Morgan fingerprint density at radius 2 is 2.06 bits per heavy atom. The van der Waals surface area contributed by atoms with Crippen LogP contribution in [0.4, 0.5) is 5.69 Å². The Morgan fingerprint density at radius 3 is 2.56 bits per heavy atom. The Morgan fingerprint density at radius 1 is 1.44 bits per heavy atom. The lowest BCUT2D eigenvalue weighted by Crippen LogP contribution is -2.16. The zero-order valence-electron chi connectivity index (χ0n) is 9.56. The van der Waals surface area contributed by atoms with Gasteiger partial charge in [-0.05, 0) is 43.9 Å². The van der Waals surface area contributed by atoms with Crippen LogP contribution in [0, 0.1) is 0 Å². The number of carbonyl (C=O) groups is 1. The first kappa shape index (κ1) is 12.9. The molecule has 0 amide bonds. The van der Waals surface area contributed by atoms with E-state index in [9.17, 15) is 4.79 Å². The normalized spacial score (nSPS) is 12.1. The first-order valence-corrected chi connectivity index (χ1v) is 6.46. The molecule has 1 rings (SSSR count). The summed E-state index contributed by atoms with van der Waals surface area (Å²) < 4.78 is 0. The largest absolute Gasteiger partial charge is 0.481 e. The van der Waals surface area contributed by atoms with E-state index in [0.29, 0.717) is 6.42 Å². The first-order valence-electron chi connectivity index (χ1n) is 5.24. The number of carboxylic acid groups (broad SMARTS) is 1. The van der Waals surface area contributed by atoms with Gasteiger partial charge in [-0.2, -0.15) is 0 Å². The zero-order chi connectivity index (χ0) is 12.0. The highest BCUT2D eigenvalue weighted by atomic mass is 32.2. The van der Waals surface area contributed by atoms with Crippen LogP contribution in [0.3, 0.4) is 0 Å². The van der Waals surface area contributed by atoms with E-state index in [0.717, 1.165) is 5.69 Å². The molecule has 0 aliphatic heterocycles. The minimum Gasteiger partial charge on any atom is -0.481 e. The predicted molar refractivity (Wildman–Crippen MR) is 68.2 cm³/mol. The van der Waals surface area contributed by atoms with Crippen LogP contribution in [-0.2, 0) is 4.79 Å². The van der Waals surface area contributed by atoms with Crippen molar-refractivity contribution in [1.29, 1.82) is 0 Å². The molecule has 0 spiro atoms.